The molecule has 0 aliphatic heterocycles. The fourth-order valence-corrected chi connectivity index (χ4v) is 2.96. The number of carbonyl (C=O) groups excluding carboxylic acids is 1. The number of hydrogen-bond donors (Lipinski definition) is 3. The zero-order chi connectivity index (χ0) is 22.4. The predicted molar refractivity (Wildman–Crippen MR) is 117 cm³/mol. The van der Waals surface area contributed by atoms with Gasteiger partial charge in [0.25, 0.3) is 5.91 Å². The van der Waals surface area contributed by atoms with Crippen LogP contribution in [0, 0.1) is 13.8 Å². The van der Waals surface area contributed by atoms with E-state index in [0.717, 1.165) is 11.1 Å². The lowest BCUT2D eigenvalue weighted by Crippen LogP contribution is -2.21. The maximum atomic E-state index is 12.3. The van der Waals surface area contributed by atoms with Crippen LogP contribution in [-0.4, -0.2) is 35.6 Å². The average Bonchev–Trinajstić information content (AvgIpc) is 2.72. The minimum absolute atomic E-state index is 0.0824. The van der Waals surface area contributed by atoms with Gasteiger partial charge in [0.2, 0.25) is 5.88 Å². The van der Waals surface area contributed by atoms with Crippen LogP contribution in [0.5, 0.6) is 17.4 Å². The van der Waals surface area contributed by atoms with Crippen molar-refractivity contribution in [1.82, 2.24) is 4.98 Å². The van der Waals surface area contributed by atoms with Crippen molar-refractivity contribution >= 4 is 23.4 Å². The van der Waals surface area contributed by atoms with E-state index in [4.69, 9.17) is 14.6 Å². The fourth-order valence-electron chi connectivity index (χ4n) is 2.96. The molecule has 3 aromatic rings. The van der Waals surface area contributed by atoms with Gasteiger partial charge in [-0.15, -0.1) is 0 Å². The van der Waals surface area contributed by atoms with E-state index in [9.17, 15) is 9.59 Å². The number of ether oxygens (including phenoxy) is 2. The summed E-state index contributed by atoms with van der Waals surface area (Å²) in [6, 6.07) is 15.2. The molecule has 0 aliphatic carbocycles. The number of anilines is 2. The average molecular weight is 421 g/mol. The number of carbonyl (C=O) groups is 2. The van der Waals surface area contributed by atoms with Gasteiger partial charge >= 0.3 is 5.97 Å². The Morgan fingerprint density at radius 1 is 1.00 bits per heavy atom. The molecule has 1 aromatic heterocycles. The van der Waals surface area contributed by atoms with E-state index in [2.05, 4.69) is 21.7 Å². The number of nitrogens with zero attached hydrogens (tertiary/aromatic N) is 1. The molecule has 3 rings (SSSR count). The first-order valence-corrected chi connectivity index (χ1v) is 9.55. The van der Waals surface area contributed by atoms with Crippen LogP contribution in [0.2, 0.25) is 0 Å². The van der Waals surface area contributed by atoms with Crippen LogP contribution in [0.1, 0.15) is 21.5 Å². The summed E-state index contributed by atoms with van der Waals surface area (Å²) in [6.07, 6.45) is 0. The standard InChI is InChI=1S/C23H23N3O5/c1-14-9-15(2)11-18(10-14)31-21-8-7-19(22(24-3)26-21)25-20(27)13-30-17-6-4-5-16(12-17)23(28)29/h4-12H,13H2,1-3H3,(H,24,26)(H,25,27)(H,28,29). The molecule has 2 aromatic carbocycles. The number of carboxylic acid groups (broad SMARTS) is 1. The second-order valence-electron chi connectivity index (χ2n) is 6.89. The lowest BCUT2D eigenvalue weighted by atomic mass is 10.1. The Balaban J connectivity index is 1.65. The zero-order valence-corrected chi connectivity index (χ0v) is 17.4. The van der Waals surface area contributed by atoms with Crippen LogP contribution < -0.4 is 20.1 Å². The molecule has 0 radical (unpaired) electrons. The third-order valence-electron chi connectivity index (χ3n) is 4.25. The van der Waals surface area contributed by atoms with Gasteiger partial charge in [0.05, 0.1) is 11.3 Å². The van der Waals surface area contributed by atoms with Crippen molar-refractivity contribution in [3.05, 3.63) is 71.3 Å². The van der Waals surface area contributed by atoms with Crippen LogP contribution in [0.25, 0.3) is 0 Å². The summed E-state index contributed by atoms with van der Waals surface area (Å²) >= 11 is 0. The minimum atomic E-state index is -1.07. The molecule has 31 heavy (non-hydrogen) atoms. The summed E-state index contributed by atoms with van der Waals surface area (Å²) in [4.78, 5) is 27.7. The molecular weight excluding hydrogens is 398 g/mol. The molecule has 3 N–H and O–H groups in total. The van der Waals surface area contributed by atoms with E-state index in [1.165, 1.54) is 12.1 Å². The van der Waals surface area contributed by atoms with Gasteiger partial charge in [-0.3, -0.25) is 4.79 Å². The topological polar surface area (TPSA) is 110 Å². The number of carboxylic acids is 1. The smallest absolute Gasteiger partial charge is 0.335 e. The molecule has 0 bridgehead atoms. The Hall–Kier alpha value is -4.07. The molecule has 0 saturated carbocycles. The van der Waals surface area contributed by atoms with Gasteiger partial charge < -0.3 is 25.2 Å². The van der Waals surface area contributed by atoms with Crippen LogP contribution in [0.4, 0.5) is 11.5 Å². The highest BCUT2D eigenvalue weighted by Crippen LogP contribution is 2.27. The first kappa shape index (κ1) is 21.6. The second-order valence-corrected chi connectivity index (χ2v) is 6.89. The van der Waals surface area contributed by atoms with Crippen LogP contribution >= 0.6 is 0 Å². The number of nitrogens with one attached hydrogen (secondary N) is 2. The summed E-state index contributed by atoms with van der Waals surface area (Å²) in [5.41, 5.74) is 2.71. The van der Waals surface area contributed by atoms with Crippen LogP contribution in [0.3, 0.4) is 0 Å². The molecule has 0 saturated heterocycles. The number of pyridine rings is 1. The molecule has 0 spiro atoms. The van der Waals surface area contributed by atoms with Gasteiger partial charge in [-0.25, -0.2) is 4.79 Å². The summed E-state index contributed by atoms with van der Waals surface area (Å²) in [6.45, 7) is 3.70. The summed E-state index contributed by atoms with van der Waals surface area (Å²) in [7, 11) is 1.69. The molecule has 1 amide bonds. The van der Waals surface area contributed by atoms with Gasteiger partial charge in [0.1, 0.15) is 11.5 Å². The van der Waals surface area contributed by atoms with Crippen molar-refractivity contribution in [1.29, 1.82) is 0 Å². The Labute approximate surface area is 179 Å². The fraction of sp³-hybridized carbons (Fsp3) is 0.174. The van der Waals surface area contributed by atoms with Crippen molar-refractivity contribution in [2.75, 3.05) is 24.3 Å². The Kier molecular flexibility index (Phi) is 6.71. The number of hydrogen-bond acceptors (Lipinski definition) is 6. The first-order chi connectivity index (χ1) is 14.8. The number of aromatic carboxylic acids is 1. The normalized spacial score (nSPS) is 10.3. The Morgan fingerprint density at radius 3 is 2.42 bits per heavy atom. The first-order valence-electron chi connectivity index (χ1n) is 9.55. The third kappa shape index (κ3) is 5.96. The molecular formula is C23H23N3O5. The molecule has 8 heteroatoms. The molecule has 160 valence electrons. The van der Waals surface area contributed by atoms with Crippen molar-refractivity contribution in [3.63, 3.8) is 0 Å². The highest BCUT2D eigenvalue weighted by molar-refractivity contribution is 5.94. The summed E-state index contributed by atoms with van der Waals surface area (Å²) < 4.78 is 11.2. The van der Waals surface area contributed by atoms with E-state index in [1.807, 2.05) is 26.0 Å². The molecule has 0 unspecified atom stereocenters. The summed E-state index contributed by atoms with van der Waals surface area (Å²) in [5, 5.41) is 14.7. The maximum Gasteiger partial charge on any atom is 0.335 e. The molecule has 8 nitrogen and oxygen atoms in total. The van der Waals surface area contributed by atoms with E-state index in [-0.39, 0.29) is 12.2 Å². The quantitative estimate of drug-likeness (QED) is 0.499. The maximum absolute atomic E-state index is 12.3. The van der Waals surface area contributed by atoms with Crippen LogP contribution in [0.15, 0.2) is 54.6 Å². The largest absolute Gasteiger partial charge is 0.484 e. The zero-order valence-electron chi connectivity index (χ0n) is 17.4. The number of aromatic nitrogens is 1. The highest BCUT2D eigenvalue weighted by Gasteiger charge is 2.11. The van der Waals surface area contributed by atoms with Crippen molar-refractivity contribution in [3.8, 4) is 17.4 Å². The van der Waals surface area contributed by atoms with Gasteiger partial charge in [-0.2, -0.15) is 4.98 Å². The van der Waals surface area contributed by atoms with Crippen molar-refractivity contribution in [2.24, 2.45) is 0 Å². The second kappa shape index (κ2) is 9.62. The van der Waals surface area contributed by atoms with E-state index >= 15 is 0 Å². The van der Waals surface area contributed by atoms with Gasteiger partial charge in [-0.1, -0.05) is 12.1 Å². The molecule has 0 aliphatic rings. The molecule has 1 heterocycles. The SMILES string of the molecule is CNc1nc(Oc2cc(C)cc(C)c2)ccc1NC(=O)COc1cccc(C(=O)O)c1. The number of amides is 1. The number of benzene rings is 2. The van der Waals surface area contributed by atoms with Gasteiger partial charge in [-0.05, 0) is 61.4 Å². The van der Waals surface area contributed by atoms with E-state index in [1.54, 1.807) is 31.3 Å². The monoisotopic (exact) mass is 421 g/mol. The Bertz CT molecular complexity index is 1090. The van der Waals surface area contributed by atoms with Crippen molar-refractivity contribution < 1.29 is 24.2 Å². The minimum Gasteiger partial charge on any atom is -0.484 e. The van der Waals surface area contributed by atoms with Crippen LogP contribution in [-0.2, 0) is 4.79 Å². The van der Waals surface area contributed by atoms with Gasteiger partial charge in [0.15, 0.2) is 12.4 Å². The van der Waals surface area contributed by atoms with E-state index in [0.29, 0.717) is 28.9 Å². The lowest BCUT2D eigenvalue weighted by Gasteiger charge is -2.13. The van der Waals surface area contributed by atoms with Crippen molar-refractivity contribution in [2.45, 2.75) is 13.8 Å². The highest BCUT2D eigenvalue weighted by atomic mass is 16.5. The predicted octanol–water partition coefficient (Wildman–Crippen LogP) is 4.25. The lowest BCUT2D eigenvalue weighted by molar-refractivity contribution is -0.118. The number of aryl methyl sites for hydroxylation is 2. The molecule has 0 atom stereocenters. The number of rotatable bonds is 8. The van der Waals surface area contributed by atoms with E-state index < -0.39 is 11.9 Å². The van der Waals surface area contributed by atoms with Gasteiger partial charge in [0, 0.05) is 13.1 Å². The molecule has 0 fully saturated rings. The third-order valence-corrected chi connectivity index (χ3v) is 4.25. The summed E-state index contributed by atoms with van der Waals surface area (Å²) in [5.74, 6) is 0.307. The Morgan fingerprint density at radius 2 is 1.74 bits per heavy atom.